The number of pyridine rings is 1. The van der Waals surface area contributed by atoms with Gasteiger partial charge < -0.3 is 11.1 Å². The summed E-state index contributed by atoms with van der Waals surface area (Å²) in [4.78, 5) is 12.2. The molecule has 0 aliphatic rings. The number of hydrogen-bond acceptors (Lipinski definition) is 3. The molecular weight excluding hydrogens is 276 g/mol. The number of nitrogens with zero attached hydrogens (tertiary/aromatic N) is 2. The van der Waals surface area contributed by atoms with E-state index >= 15 is 0 Å². The minimum absolute atomic E-state index is 0.243. The fourth-order valence-electron chi connectivity index (χ4n) is 1.91. The van der Waals surface area contributed by atoms with E-state index in [4.69, 9.17) is 17.3 Å². The summed E-state index contributed by atoms with van der Waals surface area (Å²) in [6.45, 7) is 0. The molecule has 0 saturated heterocycles. The number of hydrogen-bond donors (Lipinski definition) is 2. The summed E-state index contributed by atoms with van der Waals surface area (Å²) in [5.41, 5.74) is 7.93. The molecule has 3 aromatic rings. The highest BCUT2D eigenvalue weighted by atomic mass is 35.5. The molecule has 0 aliphatic carbocycles. The molecule has 1 aromatic carbocycles. The van der Waals surface area contributed by atoms with Gasteiger partial charge in [0, 0.05) is 11.9 Å². The maximum Gasteiger partial charge on any atom is 0.259 e. The topological polar surface area (TPSA) is 72.4 Å². The Morgan fingerprint density at radius 3 is 2.95 bits per heavy atom. The summed E-state index contributed by atoms with van der Waals surface area (Å²) in [6.07, 6.45) is 3.32. The summed E-state index contributed by atoms with van der Waals surface area (Å²) < 4.78 is 1.64. The number of nitrogens with one attached hydrogen (secondary N) is 1. The van der Waals surface area contributed by atoms with Gasteiger partial charge >= 0.3 is 0 Å². The van der Waals surface area contributed by atoms with E-state index in [0.717, 1.165) is 5.52 Å². The Balaban J connectivity index is 1.91. The smallest absolute Gasteiger partial charge is 0.259 e. The molecule has 0 unspecified atom stereocenters. The largest absolute Gasteiger partial charge is 0.398 e. The van der Waals surface area contributed by atoms with Crippen LogP contribution in [-0.4, -0.2) is 15.5 Å². The lowest BCUT2D eigenvalue weighted by Crippen LogP contribution is -2.11. The van der Waals surface area contributed by atoms with Crippen molar-refractivity contribution in [2.75, 3.05) is 11.1 Å². The lowest BCUT2D eigenvalue weighted by molar-refractivity contribution is 0.102. The maximum atomic E-state index is 12.2. The number of amides is 1. The Bertz CT molecular complexity index is 797. The predicted octanol–water partition coefficient (Wildman–Crippen LogP) is 2.82. The Morgan fingerprint density at radius 1 is 1.30 bits per heavy atom. The summed E-state index contributed by atoms with van der Waals surface area (Å²) in [7, 11) is 0. The summed E-state index contributed by atoms with van der Waals surface area (Å²) in [5, 5.41) is 7.30. The Kier molecular flexibility index (Phi) is 3.04. The molecule has 0 radical (unpaired) electrons. The number of carbonyl (C=O) groups is 1. The molecule has 0 aliphatic heterocycles. The highest BCUT2D eigenvalue weighted by Gasteiger charge is 2.12. The number of fused-ring (bicyclic) bond motifs is 1. The SMILES string of the molecule is Nc1ccc(NC(=O)c2cnn3ccccc23)cc1Cl. The van der Waals surface area contributed by atoms with Crippen LogP contribution in [0.25, 0.3) is 5.52 Å². The van der Waals surface area contributed by atoms with Crippen LogP contribution in [0.1, 0.15) is 10.4 Å². The molecule has 3 rings (SSSR count). The van der Waals surface area contributed by atoms with E-state index in [1.807, 2.05) is 18.2 Å². The van der Waals surface area contributed by atoms with Gasteiger partial charge in [-0.3, -0.25) is 4.79 Å². The van der Waals surface area contributed by atoms with Crippen molar-refractivity contribution in [3.8, 4) is 0 Å². The number of benzene rings is 1. The monoisotopic (exact) mass is 286 g/mol. The van der Waals surface area contributed by atoms with Crippen molar-refractivity contribution in [1.29, 1.82) is 0 Å². The van der Waals surface area contributed by atoms with Gasteiger partial charge in [-0.2, -0.15) is 5.10 Å². The van der Waals surface area contributed by atoms with E-state index < -0.39 is 0 Å². The van der Waals surface area contributed by atoms with Gasteiger partial charge in [-0.1, -0.05) is 17.7 Å². The van der Waals surface area contributed by atoms with Gasteiger partial charge in [-0.05, 0) is 30.3 Å². The van der Waals surface area contributed by atoms with Crippen LogP contribution in [0, 0.1) is 0 Å². The van der Waals surface area contributed by atoms with Crippen LogP contribution in [0.3, 0.4) is 0 Å². The number of rotatable bonds is 2. The van der Waals surface area contributed by atoms with Crippen molar-refractivity contribution in [2.45, 2.75) is 0 Å². The summed E-state index contributed by atoms with van der Waals surface area (Å²) in [5.74, 6) is -0.243. The van der Waals surface area contributed by atoms with Crippen LogP contribution in [0.2, 0.25) is 5.02 Å². The molecule has 100 valence electrons. The van der Waals surface area contributed by atoms with E-state index in [1.165, 1.54) is 6.20 Å². The molecule has 20 heavy (non-hydrogen) atoms. The lowest BCUT2D eigenvalue weighted by Gasteiger charge is -2.06. The van der Waals surface area contributed by atoms with Crippen molar-refractivity contribution in [3.63, 3.8) is 0 Å². The third-order valence-electron chi connectivity index (χ3n) is 2.93. The Hall–Kier alpha value is -2.53. The molecule has 5 nitrogen and oxygen atoms in total. The first kappa shape index (κ1) is 12.5. The molecule has 0 spiro atoms. The summed E-state index contributed by atoms with van der Waals surface area (Å²) >= 11 is 5.92. The standard InChI is InChI=1S/C14H11ClN4O/c15-11-7-9(4-5-12(11)16)18-14(20)10-8-17-19-6-2-1-3-13(10)19/h1-8H,16H2,(H,18,20). The molecular formula is C14H11ClN4O. The molecule has 0 atom stereocenters. The van der Waals surface area contributed by atoms with Crippen LogP contribution >= 0.6 is 11.6 Å². The molecule has 0 bridgehead atoms. The summed E-state index contributed by atoms with van der Waals surface area (Å²) in [6, 6.07) is 10.5. The normalized spacial score (nSPS) is 10.7. The number of carbonyl (C=O) groups excluding carboxylic acids is 1. The van der Waals surface area contributed by atoms with Gasteiger partial charge in [-0.15, -0.1) is 0 Å². The number of nitrogen functional groups attached to an aromatic ring is 1. The van der Waals surface area contributed by atoms with Crippen LogP contribution in [0.15, 0.2) is 48.8 Å². The fraction of sp³-hybridized carbons (Fsp3) is 0. The van der Waals surface area contributed by atoms with Gasteiger partial charge in [0.05, 0.1) is 28.0 Å². The van der Waals surface area contributed by atoms with Crippen molar-refractivity contribution >= 4 is 34.4 Å². The molecule has 1 amide bonds. The van der Waals surface area contributed by atoms with Crippen LogP contribution in [-0.2, 0) is 0 Å². The van der Waals surface area contributed by atoms with Gasteiger partial charge in [0.25, 0.3) is 5.91 Å². The van der Waals surface area contributed by atoms with Gasteiger partial charge in [-0.25, -0.2) is 4.52 Å². The Morgan fingerprint density at radius 2 is 2.15 bits per heavy atom. The van der Waals surface area contributed by atoms with Gasteiger partial charge in [0.1, 0.15) is 0 Å². The molecule has 2 aromatic heterocycles. The van der Waals surface area contributed by atoms with Crippen LogP contribution in [0.4, 0.5) is 11.4 Å². The first-order valence-electron chi connectivity index (χ1n) is 5.94. The highest BCUT2D eigenvalue weighted by Crippen LogP contribution is 2.23. The first-order valence-corrected chi connectivity index (χ1v) is 6.32. The average molecular weight is 287 g/mol. The molecule has 3 N–H and O–H groups in total. The first-order chi connectivity index (χ1) is 9.65. The minimum Gasteiger partial charge on any atom is -0.398 e. The highest BCUT2D eigenvalue weighted by molar-refractivity contribution is 6.33. The van der Waals surface area contributed by atoms with Crippen molar-refractivity contribution in [1.82, 2.24) is 9.61 Å². The minimum atomic E-state index is -0.243. The quantitative estimate of drug-likeness (QED) is 0.712. The van der Waals surface area contributed by atoms with E-state index in [2.05, 4.69) is 10.4 Å². The van der Waals surface area contributed by atoms with Gasteiger partial charge in [0.2, 0.25) is 0 Å². The third kappa shape index (κ3) is 2.19. The van der Waals surface area contributed by atoms with Crippen LogP contribution < -0.4 is 11.1 Å². The Labute approximate surface area is 120 Å². The van der Waals surface area contributed by atoms with E-state index in [1.54, 1.807) is 28.9 Å². The van der Waals surface area contributed by atoms with E-state index in [9.17, 15) is 4.79 Å². The molecule has 2 heterocycles. The second-order valence-electron chi connectivity index (χ2n) is 4.28. The maximum absolute atomic E-state index is 12.2. The second kappa shape index (κ2) is 4.86. The van der Waals surface area contributed by atoms with Gasteiger partial charge in [0.15, 0.2) is 0 Å². The third-order valence-corrected chi connectivity index (χ3v) is 3.26. The predicted molar refractivity (Wildman–Crippen MR) is 79.0 cm³/mol. The number of aromatic nitrogens is 2. The van der Waals surface area contributed by atoms with E-state index in [0.29, 0.717) is 22.0 Å². The zero-order valence-electron chi connectivity index (χ0n) is 10.4. The fourth-order valence-corrected chi connectivity index (χ4v) is 2.09. The number of nitrogens with two attached hydrogens (primary N) is 1. The van der Waals surface area contributed by atoms with Crippen molar-refractivity contribution in [3.05, 3.63) is 59.4 Å². The number of halogens is 1. The second-order valence-corrected chi connectivity index (χ2v) is 4.69. The van der Waals surface area contributed by atoms with Crippen LogP contribution in [0.5, 0.6) is 0 Å². The van der Waals surface area contributed by atoms with Crippen molar-refractivity contribution in [2.24, 2.45) is 0 Å². The lowest BCUT2D eigenvalue weighted by atomic mass is 10.2. The zero-order chi connectivity index (χ0) is 14.1. The zero-order valence-corrected chi connectivity index (χ0v) is 11.1. The average Bonchev–Trinajstić information content (AvgIpc) is 2.87. The number of anilines is 2. The van der Waals surface area contributed by atoms with E-state index in [-0.39, 0.29) is 5.91 Å². The van der Waals surface area contributed by atoms with Crippen molar-refractivity contribution < 1.29 is 4.79 Å². The molecule has 6 heteroatoms. The molecule has 0 saturated carbocycles. The molecule has 0 fully saturated rings.